The van der Waals surface area contributed by atoms with Crippen molar-refractivity contribution in [3.63, 3.8) is 0 Å². The fourth-order valence-corrected chi connectivity index (χ4v) is 2.06. The maximum Gasteiger partial charge on any atom is 0.310 e. The van der Waals surface area contributed by atoms with E-state index < -0.39 is 10.9 Å². The lowest BCUT2D eigenvalue weighted by Crippen LogP contribution is -2.11. The Morgan fingerprint density at radius 1 is 1.61 bits per heavy atom. The Balaban J connectivity index is 3.28. The molecule has 0 saturated carbocycles. The predicted octanol–water partition coefficient (Wildman–Crippen LogP) is 2.18. The zero-order valence-corrected chi connectivity index (χ0v) is 11.6. The minimum atomic E-state index is -0.644. The van der Waals surface area contributed by atoms with Crippen LogP contribution < -0.4 is 0 Å². The number of benzene rings is 1. The topological polar surface area (TPSA) is 93.2 Å². The van der Waals surface area contributed by atoms with Gasteiger partial charge in [-0.25, -0.2) is 0 Å². The molecule has 0 aromatic heterocycles. The van der Waals surface area contributed by atoms with Crippen molar-refractivity contribution >= 4 is 34.2 Å². The van der Waals surface area contributed by atoms with Crippen molar-refractivity contribution in [2.45, 2.75) is 13.3 Å². The number of rotatable bonds is 4. The molecule has 0 unspecified atom stereocenters. The molecule has 0 amide bonds. The van der Waals surface area contributed by atoms with Crippen LogP contribution in [0.4, 0.5) is 5.69 Å². The van der Waals surface area contributed by atoms with Crippen molar-refractivity contribution in [3.05, 3.63) is 36.9 Å². The molecule has 0 bridgehead atoms. The van der Waals surface area contributed by atoms with Crippen molar-refractivity contribution < 1.29 is 14.5 Å². The number of hydrogen-bond donors (Lipinski definition) is 0. The molecule has 7 heteroatoms. The molecule has 0 saturated heterocycles. The van der Waals surface area contributed by atoms with E-state index in [1.165, 1.54) is 6.07 Å². The number of nitro groups is 1. The van der Waals surface area contributed by atoms with Crippen LogP contribution in [0, 0.1) is 25.0 Å². The van der Waals surface area contributed by atoms with Crippen LogP contribution in [-0.4, -0.2) is 17.5 Å². The highest BCUT2D eigenvalue weighted by molar-refractivity contribution is 14.1. The monoisotopic (exact) mass is 360 g/mol. The van der Waals surface area contributed by atoms with Gasteiger partial charge in [-0.05, 0) is 41.6 Å². The summed E-state index contributed by atoms with van der Waals surface area (Å²) in [6.07, 6.45) is -0.210. The number of carbonyl (C=O) groups is 1. The highest BCUT2D eigenvalue weighted by atomic mass is 127. The molecular weight excluding hydrogens is 351 g/mol. The van der Waals surface area contributed by atoms with E-state index in [1.807, 2.05) is 22.6 Å². The first-order valence-electron chi connectivity index (χ1n) is 5.02. The summed E-state index contributed by atoms with van der Waals surface area (Å²) in [7, 11) is 0. The number of halogens is 1. The van der Waals surface area contributed by atoms with Crippen LogP contribution in [0.25, 0.3) is 0 Å². The maximum atomic E-state index is 11.4. The first-order valence-corrected chi connectivity index (χ1v) is 6.10. The first kappa shape index (κ1) is 14.4. The molecule has 0 N–H and O–H groups in total. The van der Waals surface area contributed by atoms with Gasteiger partial charge in [0.05, 0.1) is 23.5 Å². The van der Waals surface area contributed by atoms with Crippen LogP contribution in [-0.2, 0) is 16.0 Å². The van der Waals surface area contributed by atoms with Crippen LogP contribution in [0.5, 0.6) is 0 Å². The van der Waals surface area contributed by atoms with Gasteiger partial charge in [-0.1, -0.05) is 0 Å². The lowest BCUT2D eigenvalue weighted by Gasteiger charge is -2.06. The summed E-state index contributed by atoms with van der Waals surface area (Å²) < 4.78 is 5.32. The molecule has 0 radical (unpaired) electrons. The van der Waals surface area contributed by atoms with Crippen LogP contribution in [0.1, 0.15) is 18.1 Å². The molecule has 0 aliphatic heterocycles. The molecule has 94 valence electrons. The Morgan fingerprint density at radius 2 is 2.28 bits per heavy atom. The third kappa shape index (κ3) is 3.16. The molecule has 0 spiro atoms. The largest absolute Gasteiger partial charge is 0.466 e. The van der Waals surface area contributed by atoms with Gasteiger partial charge in [0.1, 0.15) is 11.6 Å². The fraction of sp³-hybridized carbons (Fsp3) is 0.273. The van der Waals surface area contributed by atoms with Gasteiger partial charge < -0.3 is 4.74 Å². The summed E-state index contributed by atoms with van der Waals surface area (Å²) in [4.78, 5) is 21.8. The number of carbonyl (C=O) groups excluding carboxylic acids is 1. The number of esters is 1. The van der Waals surface area contributed by atoms with E-state index in [1.54, 1.807) is 19.1 Å². The van der Waals surface area contributed by atoms with Gasteiger partial charge in [0, 0.05) is 3.57 Å². The standard InChI is InChI=1S/C11H9IN2O4/c1-2-18-10(15)5-8-9(12)4-3-7(6-13)11(8)14(16)17/h3-4H,2,5H2,1H3. The van der Waals surface area contributed by atoms with Crippen molar-refractivity contribution in [1.29, 1.82) is 5.26 Å². The van der Waals surface area contributed by atoms with Gasteiger partial charge in [-0.3, -0.25) is 14.9 Å². The SMILES string of the molecule is CCOC(=O)Cc1c(I)ccc(C#N)c1[N+](=O)[O-]. The molecule has 18 heavy (non-hydrogen) atoms. The second kappa shape index (κ2) is 6.30. The van der Waals surface area contributed by atoms with Crippen molar-refractivity contribution in [3.8, 4) is 6.07 Å². The van der Waals surface area contributed by atoms with Gasteiger partial charge >= 0.3 is 5.97 Å². The summed E-state index contributed by atoms with van der Waals surface area (Å²) >= 11 is 1.89. The van der Waals surface area contributed by atoms with Gasteiger partial charge in [0.2, 0.25) is 0 Å². The van der Waals surface area contributed by atoms with E-state index in [4.69, 9.17) is 10.00 Å². The van der Waals surface area contributed by atoms with Crippen LogP contribution in [0.2, 0.25) is 0 Å². The summed E-state index contributed by atoms with van der Waals surface area (Å²) in [6, 6.07) is 4.69. The molecule has 0 heterocycles. The van der Waals surface area contributed by atoms with Crippen LogP contribution >= 0.6 is 22.6 Å². The summed E-state index contributed by atoms with van der Waals surface area (Å²) in [6.45, 7) is 1.87. The van der Waals surface area contributed by atoms with Gasteiger partial charge in [-0.2, -0.15) is 5.26 Å². The van der Waals surface area contributed by atoms with E-state index in [0.717, 1.165) is 0 Å². The second-order valence-corrected chi connectivity index (χ2v) is 4.44. The number of nitrogens with zero attached hydrogens (tertiary/aromatic N) is 2. The van der Waals surface area contributed by atoms with Crippen molar-refractivity contribution in [1.82, 2.24) is 0 Å². The molecule has 6 nitrogen and oxygen atoms in total. The lowest BCUT2D eigenvalue weighted by atomic mass is 10.1. The van der Waals surface area contributed by atoms with E-state index in [9.17, 15) is 14.9 Å². The number of nitro benzene ring substituents is 1. The maximum absolute atomic E-state index is 11.4. The number of nitriles is 1. The van der Waals surface area contributed by atoms with Crippen molar-refractivity contribution in [2.75, 3.05) is 6.61 Å². The summed E-state index contributed by atoms with van der Waals surface area (Å²) in [5.74, 6) is -0.548. The Kier molecular flexibility index (Phi) is 5.03. The Labute approximate surface area is 117 Å². The van der Waals surface area contributed by atoms with Crippen molar-refractivity contribution in [2.24, 2.45) is 0 Å². The Hall–Kier alpha value is -1.69. The Morgan fingerprint density at radius 3 is 2.78 bits per heavy atom. The fourth-order valence-electron chi connectivity index (χ4n) is 1.43. The van der Waals surface area contributed by atoms with Gasteiger partial charge in [-0.15, -0.1) is 0 Å². The predicted molar refractivity (Wildman–Crippen MR) is 70.9 cm³/mol. The minimum absolute atomic E-state index is 0.0558. The quantitative estimate of drug-likeness (QED) is 0.355. The highest BCUT2D eigenvalue weighted by Gasteiger charge is 2.24. The Bertz CT molecular complexity index is 537. The normalized spacial score (nSPS) is 9.61. The molecule has 1 aromatic rings. The zero-order chi connectivity index (χ0) is 13.7. The summed E-state index contributed by atoms with van der Waals surface area (Å²) in [5, 5.41) is 19.8. The zero-order valence-electron chi connectivity index (χ0n) is 9.47. The van der Waals surface area contributed by atoms with Crippen LogP contribution in [0.15, 0.2) is 12.1 Å². The molecule has 0 fully saturated rings. The molecule has 0 atom stereocenters. The third-order valence-corrected chi connectivity index (χ3v) is 3.17. The number of ether oxygens (including phenoxy) is 1. The molecule has 0 aliphatic carbocycles. The highest BCUT2D eigenvalue weighted by Crippen LogP contribution is 2.28. The molecular formula is C11H9IN2O4. The second-order valence-electron chi connectivity index (χ2n) is 3.27. The van der Waals surface area contributed by atoms with Crippen LogP contribution in [0.3, 0.4) is 0 Å². The van der Waals surface area contributed by atoms with Gasteiger partial charge in [0.25, 0.3) is 5.69 Å². The molecule has 1 rings (SSSR count). The average molecular weight is 360 g/mol. The smallest absolute Gasteiger partial charge is 0.310 e. The van der Waals surface area contributed by atoms with Gasteiger partial charge in [0.15, 0.2) is 0 Å². The van der Waals surface area contributed by atoms with E-state index in [0.29, 0.717) is 3.57 Å². The minimum Gasteiger partial charge on any atom is -0.466 e. The van der Waals surface area contributed by atoms with E-state index in [2.05, 4.69) is 0 Å². The first-order chi connectivity index (χ1) is 8.51. The molecule has 1 aromatic carbocycles. The van der Waals surface area contributed by atoms with E-state index >= 15 is 0 Å². The lowest BCUT2D eigenvalue weighted by molar-refractivity contribution is -0.385. The summed E-state index contributed by atoms with van der Waals surface area (Å²) in [5.41, 5.74) is -0.157. The average Bonchev–Trinajstić information content (AvgIpc) is 2.31. The molecule has 0 aliphatic rings. The van der Waals surface area contributed by atoms with E-state index in [-0.39, 0.29) is 29.8 Å². The third-order valence-electron chi connectivity index (χ3n) is 2.16. The number of hydrogen-bond acceptors (Lipinski definition) is 5.